The fourth-order valence-electron chi connectivity index (χ4n) is 2.26. The highest BCUT2D eigenvalue weighted by Gasteiger charge is 2.17. The predicted molar refractivity (Wildman–Crippen MR) is 90.4 cm³/mol. The first kappa shape index (κ1) is 17.2. The number of rotatable bonds is 6. The summed E-state index contributed by atoms with van der Waals surface area (Å²) in [6.07, 6.45) is 0. The summed E-state index contributed by atoms with van der Waals surface area (Å²) in [5, 5.41) is 2.89. The molecule has 0 aliphatic carbocycles. The van der Waals surface area contributed by atoms with Gasteiger partial charge in [0.2, 0.25) is 5.91 Å². The molecule has 4 heteroatoms. The lowest BCUT2D eigenvalue weighted by Crippen LogP contribution is -2.42. The third kappa shape index (κ3) is 5.18. The van der Waals surface area contributed by atoms with Crippen molar-refractivity contribution in [2.75, 3.05) is 7.05 Å². The number of likely N-dealkylation sites (N-methyl/N-ethyl adjacent to an activating group) is 1. The van der Waals surface area contributed by atoms with E-state index in [-0.39, 0.29) is 17.8 Å². The first-order valence-electron chi connectivity index (χ1n) is 7.73. The average molecular weight is 314 g/mol. The molecule has 2 aromatic carbocycles. The fraction of sp³-hybridized carbons (Fsp3) is 0.316. The van der Waals surface area contributed by atoms with Crippen LogP contribution in [0.1, 0.15) is 23.6 Å². The van der Waals surface area contributed by atoms with E-state index in [9.17, 15) is 9.18 Å². The van der Waals surface area contributed by atoms with Crippen LogP contribution in [0.4, 0.5) is 4.39 Å². The van der Waals surface area contributed by atoms with E-state index < -0.39 is 0 Å². The van der Waals surface area contributed by atoms with Crippen molar-refractivity contribution >= 4 is 5.91 Å². The molecule has 122 valence electrons. The second-order valence-corrected chi connectivity index (χ2v) is 5.92. The number of nitrogens with one attached hydrogen (secondary N) is 1. The van der Waals surface area contributed by atoms with Crippen LogP contribution < -0.4 is 5.32 Å². The van der Waals surface area contributed by atoms with Crippen molar-refractivity contribution in [3.05, 3.63) is 71.0 Å². The first-order chi connectivity index (χ1) is 11.0. The number of amides is 1. The molecule has 0 bridgehead atoms. The van der Waals surface area contributed by atoms with Crippen LogP contribution in [0.3, 0.4) is 0 Å². The van der Waals surface area contributed by atoms with Gasteiger partial charge in [0.25, 0.3) is 0 Å². The van der Waals surface area contributed by atoms with Gasteiger partial charge in [-0.2, -0.15) is 0 Å². The quantitative estimate of drug-likeness (QED) is 0.887. The minimum absolute atomic E-state index is 0.0380. The summed E-state index contributed by atoms with van der Waals surface area (Å²) in [5.74, 6) is -0.310. The molecule has 1 atom stereocenters. The molecular weight excluding hydrogens is 291 g/mol. The number of halogens is 1. The van der Waals surface area contributed by atoms with E-state index >= 15 is 0 Å². The zero-order valence-electron chi connectivity index (χ0n) is 13.8. The van der Waals surface area contributed by atoms with E-state index in [0.29, 0.717) is 13.1 Å². The summed E-state index contributed by atoms with van der Waals surface area (Å²) in [6.45, 7) is 5.06. The van der Waals surface area contributed by atoms with Crippen LogP contribution in [-0.2, 0) is 17.9 Å². The van der Waals surface area contributed by atoms with Gasteiger partial charge < -0.3 is 5.32 Å². The lowest BCUT2D eigenvalue weighted by atomic mass is 10.1. The molecule has 0 saturated carbocycles. The van der Waals surface area contributed by atoms with Gasteiger partial charge in [-0.1, -0.05) is 42.0 Å². The van der Waals surface area contributed by atoms with Gasteiger partial charge in [0.05, 0.1) is 6.04 Å². The van der Waals surface area contributed by atoms with Gasteiger partial charge in [-0.05, 0) is 44.2 Å². The van der Waals surface area contributed by atoms with Crippen LogP contribution in [0, 0.1) is 12.7 Å². The Kier molecular flexibility index (Phi) is 5.88. The smallest absolute Gasteiger partial charge is 0.237 e. The molecular formula is C19H23FN2O. The maximum Gasteiger partial charge on any atom is 0.237 e. The van der Waals surface area contributed by atoms with E-state index in [1.807, 2.05) is 18.9 Å². The minimum atomic E-state index is -0.272. The maximum absolute atomic E-state index is 12.9. The highest BCUT2D eigenvalue weighted by molar-refractivity contribution is 5.81. The number of hydrogen-bond donors (Lipinski definition) is 1. The largest absolute Gasteiger partial charge is 0.351 e. The van der Waals surface area contributed by atoms with Crippen molar-refractivity contribution in [3.8, 4) is 0 Å². The fourth-order valence-corrected chi connectivity index (χ4v) is 2.26. The number of aryl methyl sites for hydroxylation is 1. The first-order valence-corrected chi connectivity index (χ1v) is 7.73. The van der Waals surface area contributed by atoms with E-state index in [2.05, 4.69) is 36.5 Å². The molecule has 3 nitrogen and oxygen atoms in total. The standard InChI is InChI=1S/C19H23FN2O/c1-14-4-6-17(7-5-14)13-22(3)15(2)19(23)21-12-16-8-10-18(20)11-9-16/h4-11,15H,12-13H2,1-3H3,(H,21,23). The zero-order chi connectivity index (χ0) is 16.8. The average Bonchev–Trinajstić information content (AvgIpc) is 2.55. The van der Waals surface area contributed by atoms with Crippen molar-refractivity contribution in [3.63, 3.8) is 0 Å². The number of benzene rings is 2. The third-order valence-electron chi connectivity index (χ3n) is 3.97. The second kappa shape index (κ2) is 7.88. The maximum atomic E-state index is 12.9. The molecule has 0 heterocycles. The topological polar surface area (TPSA) is 32.3 Å². The Hall–Kier alpha value is -2.20. The van der Waals surface area contributed by atoms with Crippen molar-refractivity contribution in [2.45, 2.75) is 33.0 Å². The third-order valence-corrected chi connectivity index (χ3v) is 3.97. The molecule has 1 N–H and O–H groups in total. The van der Waals surface area contributed by atoms with Gasteiger partial charge in [-0.15, -0.1) is 0 Å². The lowest BCUT2D eigenvalue weighted by molar-refractivity contribution is -0.125. The van der Waals surface area contributed by atoms with Gasteiger partial charge in [-0.3, -0.25) is 9.69 Å². The van der Waals surface area contributed by atoms with Crippen LogP contribution >= 0.6 is 0 Å². The number of carbonyl (C=O) groups is 1. The monoisotopic (exact) mass is 314 g/mol. The molecule has 0 spiro atoms. The van der Waals surface area contributed by atoms with E-state index in [1.165, 1.54) is 23.3 Å². The summed E-state index contributed by atoms with van der Waals surface area (Å²) in [4.78, 5) is 14.2. The van der Waals surface area contributed by atoms with Crippen LogP contribution in [0.15, 0.2) is 48.5 Å². The van der Waals surface area contributed by atoms with Gasteiger partial charge in [-0.25, -0.2) is 4.39 Å². The summed E-state index contributed by atoms with van der Waals surface area (Å²) in [5.41, 5.74) is 3.28. The normalized spacial score (nSPS) is 12.2. The number of carbonyl (C=O) groups excluding carboxylic acids is 1. The molecule has 2 aromatic rings. The van der Waals surface area contributed by atoms with Crippen molar-refractivity contribution in [2.24, 2.45) is 0 Å². The van der Waals surface area contributed by atoms with Gasteiger partial charge >= 0.3 is 0 Å². The Morgan fingerprint density at radius 1 is 1.09 bits per heavy atom. The molecule has 0 radical (unpaired) electrons. The Morgan fingerprint density at radius 3 is 2.26 bits per heavy atom. The second-order valence-electron chi connectivity index (χ2n) is 5.92. The molecule has 23 heavy (non-hydrogen) atoms. The van der Waals surface area contributed by atoms with Crippen molar-refractivity contribution in [1.29, 1.82) is 0 Å². The Balaban J connectivity index is 1.85. The minimum Gasteiger partial charge on any atom is -0.351 e. The van der Waals surface area contributed by atoms with E-state index in [0.717, 1.165) is 5.56 Å². The highest BCUT2D eigenvalue weighted by Crippen LogP contribution is 2.09. The predicted octanol–water partition coefficient (Wildman–Crippen LogP) is 3.27. The Labute approximate surface area is 137 Å². The zero-order valence-corrected chi connectivity index (χ0v) is 13.8. The van der Waals surface area contributed by atoms with Crippen LogP contribution in [0.25, 0.3) is 0 Å². The molecule has 2 rings (SSSR count). The summed E-state index contributed by atoms with van der Waals surface area (Å²) in [6, 6.07) is 14.2. The number of hydrogen-bond acceptors (Lipinski definition) is 2. The molecule has 0 fully saturated rings. The van der Waals surface area contributed by atoms with E-state index in [1.54, 1.807) is 12.1 Å². The lowest BCUT2D eigenvalue weighted by Gasteiger charge is -2.24. The van der Waals surface area contributed by atoms with Crippen molar-refractivity contribution in [1.82, 2.24) is 10.2 Å². The molecule has 1 amide bonds. The summed E-state index contributed by atoms with van der Waals surface area (Å²) >= 11 is 0. The molecule has 0 aliphatic heterocycles. The van der Waals surface area contributed by atoms with Gasteiger partial charge in [0.1, 0.15) is 5.82 Å². The Morgan fingerprint density at radius 2 is 1.65 bits per heavy atom. The molecule has 0 aromatic heterocycles. The SMILES string of the molecule is Cc1ccc(CN(C)C(C)C(=O)NCc2ccc(F)cc2)cc1. The number of nitrogens with zero attached hydrogens (tertiary/aromatic N) is 1. The Bertz CT molecular complexity index is 637. The molecule has 1 unspecified atom stereocenters. The van der Waals surface area contributed by atoms with Gasteiger partial charge in [0, 0.05) is 13.1 Å². The molecule has 0 saturated heterocycles. The summed E-state index contributed by atoms with van der Waals surface area (Å²) in [7, 11) is 1.93. The molecule has 0 aliphatic rings. The van der Waals surface area contributed by atoms with Crippen LogP contribution in [-0.4, -0.2) is 23.9 Å². The summed E-state index contributed by atoms with van der Waals surface area (Å²) < 4.78 is 12.9. The van der Waals surface area contributed by atoms with Gasteiger partial charge in [0.15, 0.2) is 0 Å². The van der Waals surface area contributed by atoms with Crippen molar-refractivity contribution < 1.29 is 9.18 Å². The highest BCUT2D eigenvalue weighted by atomic mass is 19.1. The van der Waals surface area contributed by atoms with E-state index in [4.69, 9.17) is 0 Å². The van der Waals surface area contributed by atoms with Crippen LogP contribution in [0.5, 0.6) is 0 Å². The van der Waals surface area contributed by atoms with Crippen LogP contribution in [0.2, 0.25) is 0 Å².